The van der Waals surface area contributed by atoms with Crippen molar-refractivity contribution in [1.82, 2.24) is 19.9 Å². The maximum absolute atomic E-state index is 16.1. The van der Waals surface area contributed by atoms with Gasteiger partial charge in [-0.2, -0.15) is 9.97 Å². The molecule has 2 N–H and O–H groups in total. The number of aromatic hydroxyl groups is 1. The van der Waals surface area contributed by atoms with Crippen molar-refractivity contribution < 1.29 is 28.1 Å². The molecule has 5 unspecified atom stereocenters. The number of aromatic nitrogens is 3. The summed E-state index contributed by atoms with van der Waals surface area (Å²) in [6, 6.07) is 6.33. The number of phenols is 1. The number of anilines is 1. The number of aliphatic hydroxyl groups excluding tert-OH is 1. The van der Waals surface area contributed by atoms with E-state index in [1.807, 2.05) is 0 Å². The Hall–Kier alpha value is -3.22. The molecular weight excluding hydrogens is 639 g/mol. The summed E-state index contributed by atoms with van der Waals surface area (Å²) in [5.41, 5.74) is 0.167. The number of rotatable bonds is 3. The van der Waals surface area contributed by atoms with Crippen LogP contribution in [0.1, 0.15) is 38.5 Å². The third-order valence-electron chi connectivity index (χ3n) is 9.46. The molecule has 2 bridgehead atoms. The van der Waals surface area contributed by atoms with Crippen LogP contribution in [0.15, 0.2) is 34.9 Å². The van der Waals surface area contributed by atoms with Crippen LogP contribution in [0.5, 0.6) is 11.8 Å². The first-order chi connectivity index (χ1) is 21.2. The molecule has 0 amide bonds. The molecule has 1 aliphatic carbocycles. The first kappa shape index (κ1) is 29.5. The highest BCUT2D eigenvalue weighted by Gasteiger charge is 2.40. The molecule has 12 heteroatoms. The molecule has 2 aromatic carbocycles. The molecule has 5 heterocycles. The molecule has 232 valence electrons. The second kappa shape index (κ2) is 11.6. The molecule has 1 saturated carbocycles. The average molecular weight is 673 g/mol. The van der Waals surface area contributed by atoms with Gasteiger partial charge in [-0.25, -0.2) is 13.2 Å². The molecular formula is C32H33BrF3N5O3. The molecule has 44 heavy (non-hydrogen) atoms. The fourth-order valence-corrected chi connectivity index (χ4v) is 8.15. The number of hydrogen-bond acceptors (Lipinski definition) is 8. The number of pyridine rings is 1. The van der Waals surface area contributed by atoms with E-state index >= 15 is 4.39 Å². The smallest absolute Gasteiger partial charge is 0.318 e. The average Bonchev–Trinajstić information content (AvgIpc) is 3.67. The van der Waals surface area contributed by atoms with Crippen LogP contribution in [0.4, 0.5) is 19.0 Å². The van der Waals surface area contributed by atoms with Crippen LogP contribution in [-0.2, 0) is 0 Å². The zero-order chi connectivity index (χ0) is 30.7. The molecule has 4 aliphatic rings. The number of halogens is 4. The highest BCUT2D eigenvalue weighted by atomic mass is 79.9. The van der Waals surface area contributed by atoms with E-state index in [4.69, 9.17) is 4.74 Å². The van der Waals surface area contributed by atoms with Gasteiger partial charge in [0.25, 0.3) is 0 Å². The van der Waals surface area contributed by atoms with E-state index in [1.165, 1.54) is 50.4 Å². The van der Waals surface area contributed by atoms with Crippen LogP contribution in [0, 0.1) is 17.6 Å². The van der Waals surface area contributed by atoms with Gasteiger partial charge in [-0.05, 0) is 90.5 Å². The van der Waals surface area contributed by atoms with Gasteiger partial charge < -0.3 is 19.8 Å². The summed E-state index contributed by atoms with van der Waals surface area (Å²) < 4.78 is 48.5. The number of aliphatic hydroxyl groups is 1. The van der Waals surface area contributed by atoms with E-state index in [9.17, 15) is 19.0 Å². The standard InChI is InChI=1S/C25H21BrF2N4O3.C7H12FN/c1-35-25-30-23-17(24(31-25)32-10-11-4-13(32)7-14(33)5-11)9-29-22(21(23)28)16-8-15(34)6-12-2-3-18(27)20(26)19(12)16;8-6-4-7-2-1-3-9(7)5-6/h2-3,6,8-9,11,13-14,33-34H,4-5,7,10H2,1H3;6-7H,1-5H2. The Morgan fingerprint density at radius 1 is 1.05 bits per heavy atom. The monoisotopic (exact) mass is 671 g/mol. The Balaban J connectivity index is 0.000000296. The van der Waals surface area contributed by atoms with E-state index < -0.39 is 17.8 Å². The van der Waals surface area contributed by atoms with Crippen LogP contribution in [0.3, 0.4) is 0 Å². The van der Waals surface area contributed by atoms with Gasteiger partial charge in [-0.1, -0.05) is 6.07 Å². The molecule has 0 radical (unpaired) electrons. The molecule has 3 saturated heterocycles. The van der Waals surface area contributed by atoms with Gasteiger partial charge in [0, 0.05) is 42.3 Å². The lowest BCUT2D eigenvalue weighted by Crippen LogP contribution is -2.33. The SMILES string of the molecule is COc1nc(N2CC3CC(O)CC2C3)c2cnc(-c3cc(O)cc4ccc(F)c(Br)c34)c(F)c2n1.FC1CC2CCCN2C1. The van der Waals surface area contributed by atoms with E-state index in [0.717, 1.165) is 25.8 Å². The summed E-state index contributed by atoms with van der Waals surface area (Å²) in [6.07, 6.45) is 6.25. The normalized spacial score (nSPS) is 26.2. The van der Waals surface area contributed by atoms with E-state index in [2.05, 4.69) is 40.7 Å². The number of fused-ring (bicyclic) bond motifs is 5. The number of alkyl halides is 1. The fourth-order valence-electron chi connectivity index (χ4n) is 7.58. The molecule has 0 spiro atoms. The first-order valence-electron chi connectivity index (χ1n) is 15.0. The second-order valence-corrected chi connectivity index (χ2v) is 13.1. The predicted octanol–water partition coefficient (Wildman–Crippen LogP) is 6.14. The van der Waals surface area contributed by atoms with Crippen LogP contribution < -0.4 is 9.64 Å². The van der Waals surface area contributed by atoms with Gasteiger partial charge >= 0.3 is 6.01 Å². The van der Waals surface area contributed by atoms with Crippen molar-refractivity contribution in [2.45, 2.75) is 62.9 Å². The van der Waals surface area contributed by atoms with Crippen molar-refractivity contribution in [3.8, 4) is 23.0 Å². The van der Waals surface area contributed by atoms with Crippen molar-refractivity contribution in [2.24, 2.45) is 5.92 Å². The highest BCUT2D eigenvalue weighted by Crippen LogP contribution is 2.43. The van der Waals surface area contributed by atoms with Gasteiger partial charge in [-0.15, -0.1) is 0 Å². The van der Waals surface area contributed by atoms with Crippen molar-refractivity contribution >= 4 is 43.4 Å². The third-order valence-corrected chi connectivity index (χ3v) is 10.2. The molecule has 4 fully saturated rings. The van der Waals surface area contributed by atoms with Gasteiger partial charge in [0.05, 0.1) is 23.1 Å². The number of phenolic OH excluding ortho intramolecular Hbond substituents is 1. The Bertz CT molecular complexity index is 1730. The Morgan fingerprint density at radius 3 is 2.68 bits per heavy atom. The van der Waals surface area contributed by atoms with Crippen LogP contribution in [0.2, 0.25) is 0 Å². The first-order valence-corrected chi connectivity index (χ1v) is 15.8. The number of ether oxygens (including phenoxy) is 1. The molecule has 8 rings (SSSR count). The second-order valence-electron chi connectivity index (χ2n) is 12.3. The van der Waals surface area contributed by atoms with Crippen LogP contribution in [-0.4, -0.2) is 81.2 Å². The van der Waals surface area contributed by atoms with Crippen LogP contribution in [0.25, 0.3) is 32.9 Å². The van der Waals surface area contributed by atoms with Gasteiger partial charge in [0.2, 0.25) is 0 Å². The maximum atomic E-state index is 16.1. The van der Waals surface area contributed by atoms with Gasteiger partial charge in [0.1, 0.15) is 34.8 Å². The molecule has 4 aromatic rings. The number of nitrogens with zero attached hydrogens (tertiary/aromatic N) is 5. The zero-order valence-corrected chi connectivity index (χ0v) is 25.8. The molecule has 5 atom stereocenters. The third kappa shape index (κ3) is 5.24. The summed E-state index contributed by atoms with van der Waals surface area (Å²) in [5.74, 6) is -0.493. The lowest BCUT2D eigenvalue weighted by molar-refractivity contribution is 0.112. The minimum atomic E-state index is -0.727. The number of hydrogen-bond donors (Lipinski definition) is 2. The Morgan fingerprint density at radius 2 is 1.89 bits per heavy atom. The Labute approximate surface area is 261 Å². The summed E-state index contributed by atoms with van der Waals surface area (Å²) in [5, 5.41) is 21.8. The van der Waals surface area contributed by atoms with Crippen molar-refractivity contribution in [1.29, 1.82) is 0 Å². The lowest BCUT2D eigenvalue weighted by Gasteiger charge is -2.28. The molecule has 2 aromatic heterocycles. The predicted molar refractivity (Wildman–Crippen MR) is 165 cm³/mol. The summed E-state index contributed by atoms with van der Waals surface area (Å²) in [4.78, 5) is 17.6. The summed E-state index contributed by atoms with van der Waals surface area (Å²) in [6.45, 7) is 2.56. The van der Waals surface area contributed by atoms with Crippen LogP contribution >= 0.6 is 15.9 Å². The van der Waals surface area contributed by atoms with Gasteiger partial charge in [0.15, 0.2) is 5.82 Å². The fraction of sp³-hybridized carbons (Fsp3) is 0.469. The van der Waals surface area contributed by atoms with Crippen molar-refractivity contribution in [3.05, 3.63) is 46.6 Å². The number of benzene rings is 2. The lowest BCUT2D eigenvalue weighted by atomic mass is 9.88. The van der Waals surface area contributed by atoms with E-state index in [-0.39, 0.29) is 45.2 Å². The minimum Gasteiger partial charge on any atom is -0.508 e. The topological polar surface area (TPSA) is 94.8 Å². The van der Waals surface area contributed by atoms with Crippen molar-refractivity contribution in [2.75, 3.05) is 31.6 Å². The van der Waals surface area contributed by atoms with Gasteiger partial charge in [-0.3, -0.25) is 9.88 Å². The zero-order valence-electron chi connectivity index (χ0n) is 24.2. The van der Waals surface area contributed by atoms with E-state index in [0.29, 0.717) is 53.4 Å². The highest BCUT2D eigenvalue weighted by molar-refractivity contribution is 9.10. The molecule has 3 aliphatic heterocycles. The number of methoxy groups -OCH3 is 1. The van der Waals surface area contributed by atoms with Crippen molar-refractivity contribution in [3.63, 3.8) is 0 Å². The minimum absolute atomic E-state index is 0.0125. The Kier molecular flexibility index (Phi) is 7.78. The maximum Gasteiger partial charge on any atom is 0.318 e. The van der Waals surface area contributed by atoms with E-state index in [1.54, 1.807) is 0 Å². The summed E-state index contributed by atoms with van der Waals surface area (Å²) >= 11 is 3.26. The molecule has 8 nitrogen and oxygen atoms in total. The largest absolute Gasteiger partial charge is 0.508 e. The quantitative estimate of drug-likeness (QED) is 0.268. The summed E-state index contributed by atoms with van der Waals surface area (Å²) in [7, 11) is 1.42.